The van der Waals surface area contributed by atoms with Gasteiger partial charge in [-0.3, -0.25) is 10.1 Å². The van der Waals surface area contributed by atoms with Crippen molar-refractivity contribution in [1.29, 1.82) is 0 Å². The van der Waals surface area contributed by atoms with E-state index in [1.807, 2.05) is 26.0 Å². The number of fused-ring (bicyclic) bond motifs is 1. The zero-order valence-corrected chi connectivity index (χ0v) is 15.1. The monoisotopic (exact) mass is 378 g/mol. The van der Waals surface area contributed by atoms with Crippen LogP contribution in [0.4, 0.5) is 13.9 Å². The van der Waals surface area contributed by atoms with Crippen LogP contribution in [0.25, 0.3) is 10.2 Å². The van der Waals surface area contributed by atoms with Crippen molar-refractivity contribution < 1.29 is 23.0 Å². The quantitative estimate of drug-likeness (QED) is 0.694. The van der Waals surface area contributed by atoms with Gasteiger partial charge in [-0.25, -0.2) is 4.98 Å². The first-order chi connectivity index (χ1) is 12.4. The van der Waals surface area contributed by atoms with Crippen LogP contribution in [0.2, 0.25) is 0 Å². The number of benzene rings is 2. The first-order valence-corrected chi connectivity index (χ1v) is 8.51. The number of nitrogens with zero attached hydrogens (tertiary/aromatic N) is 1. The number of aromatic nitrogens is 1. The van der Waals surface area contributed by atoms with E-state index in [-0.39, 0.29) is 17.1 Å². The number of hydrogen-bond donors (Lipinski definition) is 1. The van der Waals surface area contributed by atoms with E-state index in [4.69, 9.17) is 4.74 Å². The molecule has 1 N–H and O–H groups in total. The normalized spacial score (nSPS) is 11.0. The first kappa shape index (κ1) is 18.1. The fourth-order valence-electron chi connectivity index (χ4n) is 2.60. The molecule has 0 aliphatic carbocycles. The van der Waals surface area contributed by atoms with Crippen molar-refractivity contribution in [2.24, 2.45) is 0 Å². The van der Waals surface area contributed by atoms with Gasteiger partial charge in [0, 0.05) is 5.56 Å². The van der Waals surface area contributed by atoms with Gasteiger partial charge < -0.3 is 9.47 Å². The summed E-state index contributed by atoms with van der Waals surface area (Å²) in [7, 11) is 1.33. The molecule has 1 aromatic heterocycles. The highest BCUT2D eigenvalue weighted by Crippen LogP contribution is 2.32. The minimum absolute atomic E-state index is 0.118. The van der Waals surface area contributed by atoms with Crippen LogP contribution < -0.4 is 14.8 Å². The molecule has 5 nitrogen and oxygen atoms in total. The number of anilines is 1. The zero-order valence-electron chi connectivity index (χ0n) is 14.3. The maximum atomic E-state index is 12.5. The molecule has 0 saturated heterocycles. The number of hydrogen-bond acceptors (Lipinski definition) is 5. The van der Waals surface area contributed by atoms with Crippen molar-refractivity contribution in [2.45, 2.75) is 20.5 Å². The number of carbonyl (C=O) groups excluding carboxylic acids is 1. The average molecular weight is 378 g/mol. The van der Waals surface area contributed by atoms with Crippen LogP contribution in [-0.4, -0.2) is 24.6 Å². The number of amides is 1. The third-order valence-corrected chi connectivity index (χ3v) is 4.61. The van der Waals surface area contributed by atoms with E-state index in [2.05, 4.69) is 15.0 Å². The van der Waals surface area contributed by atoms with Crippen LogP contribution in [0.5, 0.6) is 11.5 Å². The zero-order chi connectivity index (χ0) is 18.8. The van der Waals surface area contributed by atoms with Gasteiger partial charge in [-0.2, -0.15) is 8.78 Å². The Kier molecular flexibility index (Phi) is 5.03. The van der Waals surface area contributed by atoms with Crippen LogP contribution in [-0.2, 0) is 0 Å². The molecule has 136 valence electrons. The molecule has 2 aromatic carbocycles. The summed E-state index contributed by atoms with van der Waals surface area (Å²) in [4.78, 5) is 16.9. The minimum Gasteiger partial charge on any atom is -0.493 e. The number of thiazole rings is 1. The van der Waals surface area contributed by atoms with Crippen molar-refractivity contribution in [3.63, 3.8) is 0 Å². The van der Waals surface area contributed by atoms with Gasteiger partial charge in [0.1, 0.15) is 0 Å². The Morgan fingerprint density at radius 3 is 2.65 bits per heavy atom. The molecule has 0 unspecified atom stereocenters. The fourth-order valence-corrected chi connectivity index (χ4v) is 3.64. The van der Waals surface area contributed by atoms with E-state index in [1.165, 1.54) is 36.6 Å². The highest BCUT2D eigenvalue weighted by Gasteiger charge is 2.16. The number of alkyl halides is 2. The first-order valence-electron chi connectivity index (χ1n) is 7.69. The lowest BCUT2D eigenvalue weighted by molar-refractivity contribution is -0.0512. The van der Waals surface area contributed by atoms with Gasteiger partial charge in [-0.15, -0.1) is 0 Å². The smallest absolute Gasteiger partial charge is 0.387 e. The molecule has 0 spiro atoms. The summed E-state index contributed by atoms with van der Waals surface area (Å²) in [5.74, 6) is -0.556. The maximum absolute atomic E-state index is 12.5. The highest BCUT2D eigenvalue weighted by molar-refractivity contribution is 7.22. The number of carbonyl (C=O) groups is 1. The second-order valence-corrected chi connectivity index (χ2v) is 6.68. The number of methoxy groups -OCH3 is 1. The van der Waals surface area contributed by atoms with E-state index in [0.29, 0.717) is 5.13 Å². The largest absolute Gasteiger partial charge is 0.493 e. The molecule has 3 aromatic rings. The summed E-state index contributed by atoms with van der Waals surface area (Å²) in [6, 6.07) is 8.10. The molecule has 0 saturated carbocycles. The predicted octanol–water partition coefficient (Wildman–Crippen LogP) is 4.78. The van der Waals surface area contributed by atoms with Crippen molar-refractivity contribution in [3.05, 3.63) is 47.0 Å². The second kappa shape index (κ2) is 7.25. The fraction of sp³-hybridized carbons (Fsp3) is 0.222. The van der Waals surface area contributed by atoms with Gasteiger partial charge in [-0.1, -0.05) is 17.4 Å². The Bertz CT molecular complexity index is 972. The second-order valence-electron chi connectivity index (χ2n) is 5.65. The molecule has 3 rings (SSSR count). The Labute approximate surface area is 152 Å². The van der Waals surface area contributed by atoms with Gasteiger partial charge in [-0.05, 0) is 49.2 Å². The number of nitrogens with one attached hydrogen (secondary N) is 1. The van der Waals surface area contributed by atoms with E-state index < -0.39 is 12.5 Å². The lowest BCUT2D eigenvalue weighted by atomic mass is 10.1. The van der Waals surface area contributed by atoms with E-state index in [9.17, 15) is 13.6 Å². The standard InChI is InChI=1S/C18H16F2N2O3S/c1-9-6-10(2)15-14(7-9)26-18(21-15)22-16(23)11-4-5-12(24-3)13(8-11)25-17(19)20/h4-8,17H,1-3H3,(H,21,22,23). The number of aryl methyl sites for hydroxylation is 2. The molecule has 1 amide bonds. The van der Waals surface area contributed by atoms with E-state index in [0.717, 1.165) is 21.3 Å². The molecular weight excluding hydrogens is 362 g/mol. The van der Waals surface area contributed by atoms with Crippen molar-refractivity contribution in [1.82, 2.24) is 4.98 Å². The Balaban J connectivity index is 1.87. The SMILES string of the molecule is COc1ccc(C(=O)Nc2nc3c(C)cc(C)cc3s2)cc1OC(F)F. The molecule has 0 fully saturated rings. The molecule has 0 radical (unpaired) electrons. The summed E-state index contributed by atoms with van der Waals surface area (Å²) >= 11 is 1.35. The molecule has 8 heteroatoms. The Hall–Kier alpha value is -2.74. The summed E-state index contributed by atoms with van der Waals surface area (Å²) in [6.45, 7) is 0.933. The van der Waals surface area contributed by atoms with Gasteiger partial charge in [0.25, 0.3) is 5.91 Å². The van der Waals surface area contributed by atoms with Crippen molar-refractivity contribution in [3.8, 4) is 11.5 Å². The van der Waals surface area contributed by atoms with Crippen LogP contribution in [0.15, 0.2) is 30.3 Å². The Morgan fingerprint density at radius 1 is 1.19 bits per heavy atom. The third kappa shape index (κ3) is 3.75. The molecule has 0 aliphatic heterocycles. The minimum atomic E-state index is -3.02. The summed E-state index contributed by atoms with van der Waals surface area (Å²) in [5.41, 5.74) is 3.12. The van der Waals surface area contributed by atoms with Crippen LogP contribution >= 0.6 is 11.3 Å². The van der Waals surface area contributed by atoms with Gasteiger partial charge in [0.05, 0.1) is 17.3 Å². The van der Waals surface area contributed by atoms with E-state index >= 15 is 0 Å². The maximum Gasteiger partial charge on any atom is 0.387 e. The van der Waals surface area contributed by atoms with Gasteiger partial charge in [0.2, 0.25) is 0 Å². The lowest BCUT2D eigenvalue weighted by Crippen LogP contribution is -2.12. The number of ether oxygens (including phenoxy) is 2. The number of halogens is 2. The van der Waals surface area contributed by atoms with Crippen LogP contribution in [0, 0.1) is 13.8 Å². The van der Waals surface area contributed by atoms with Crippen LogP contribution in [0.3, 0.4) is 0 Å². The van der Waals surface area contributed by atoms with Crippen molar-refractivity contribution >= 4 is 32.6 Å². The average Bonchev–Trinajstić information content (AvgIpc) is 2.96. The molecule has 26 heavy (non-hydrogen) atoms. The van der Waals surface area contributed by atoms with Gasteiger partial charge >= 0.3 is 6.61 Å². The molecule has 0 atom stereocenters. The van der Waals surface area contributed by atoms with Crippen LogP contribution in [0.1, 0.15) is 21.5 Å². The van der Waals surface area contributed by atoms with Crippen molar-refractivity contribution in [2.75, 3.05) is 12.4 Å². The summed E-state index contributed by atoms with van der Waals surface area (Å²) in [6.07, 6.45) is 0. The van der Waals surface area contributed by atoms with Gasteiger partial charge in [0.15, 0.2) is 16.6 Å². The Morgan fingerprint density at radius 2 is 1.96 bits per heavy atom. The number of rotatable bonds is 5. The lowest BCUT2D eigenvalue weighted by Gasteiger charge is -2.11. The van der Waals surface area contributed by atoms with E-state index in [1.54, 1.807) is 0 Å². The predicted molar refractivity (Wildman–Crippen MR) is 96.7 cm³/mol. The summed E-state index contributed by atoms with van der Waals surface area (Å²) < 4.78 is 35.4. The third-order valence-electron chi connectivity index (χ3n) is 3.69. The topological polar surface area (TPSA) is 60.5 Å². The summed E-state index contributed by atoms with van der Waals surface area (Å²) in [5, 5.41) is 3.13. The molecular formula is C18H16F2N2O3S. The highest BCUT2D eigenvalue weighted by atomic mass is 32.1. The molecule has 0 aliphatic rings. The molecule has 0 bridgehead atoms. The molecule has 1 heterocycles.